The van der Waals surface area contributed by atoms with Gasteiger partial charge >= 0.3 is 12.1 Å². The monoisotopic (exact) mass is 403 g/mol. The van der Waals surface area contributed by atoms with Crippen molar-refractivity contribution in [3.63, 3.8) is 0 Å². The molecule has 2 amide bonds. The Bertz CT molecular complexity index is 534. The van der Waals surface area contributed by atoms with Gasteiger partial charge in [-0.05, 0) is 0 Å². The summed E-state index contributed by atoms with van der Waals surface area (Å²) in [6.45, 7) is 3.00. The second-order valence-electron chi connectivity index (χ2n) is 6.40. The van der Waals surface area contributed by atoms with Crippen LogP contribution in [0.2, 0.25) is 0 Å². The molecule has 1 saturated heterocycles. The van der Waals surface area contributed by atoms with Crippen molar-refractivity contribution in [1.29, 1.82) is 0 Å². The number of carboxylic acid groups (broad SMARTS) is 2. The van der Waals surface area contributed by atoms with E-state index in [4.69, 9.17) is 9.84 Å². The van der Waals surface area contributed by atoms with Crippen LogP contribution in [0.1, 0.15) is 0 Å². The zero-order valence-corrected chi connectivity index (χ0v) is 16.1. The van der Waals surface area contributed by atoms with E-state index in [-0.39, 0.29) is 45.4 Å². The molecule has 0 aromatic carbocycles. The number of amides is 2. The van der Waals surface area contributed by atoms with Crippen molar-refractivity contribution in [1.82, 2.24) is 24.9 Å². The Hall–Kier alpha value is -2.44. The average molecular weight is 403 g/mol. The quantitative estimate of drug-likeness (QED) is 0.403. The Balaban J connectivity index is 2.88. The summed E-state index contributed by atoms with van der Waals surface area (Å²) in [6, 6.07) is 0. The lowest BCUT2D eigenvalue weighted by atomic mass is 10.3. The number of nitrogens with one attached hydrogen (secondary N) is 1. The van der Waals surface area contributed by atoms with E-state index in [1.807, 2.05) is 9.80 Å². The number of nitrogens with zero attached hydrogens (tertiary/aromatic N) is 4. The third-order valence-corrected chi connectivity index (χ3v) is 4.44. The Morgan fingerprint density at radius 3 is 1.86 bits per heavy atom. The van der Waals surface area contributed by atoms with Crippen LogP contribution in [0.25, 0.3) is 0 Å². The van der Waals surface area contributed by atoms with E-state index in [0.29, 0.717) is 39.2 Å². The van der Waals surface area contributed by atoms with Gasteiger partial charge in [0.25, 0.3) is 6.47 Å². The van der Waals surface area contributed by atoms with E-state index in [1.54, 1.807) is 4.90 Å². The van der Waals surface area contributed by atoms with Crippen LogP contribution < -0.4 is 5.32 Å². The highest BCUT2D eigenvalue weighted by Gasteiger charge is 2.20. The maximum atomic E-state index is 11.7. The molecular formula is C16H29N5O7. The van der Waals surface area contributed by atoms with E-state index in [1.165, 1.54) is 11.9 Å². The van der Waals surface area contributed by atoms with Gasteiger partial charge in [-0.15, -0.1) is 0 Å². The lowest BCUT2D eigenvalue weighted by Crippen LogP contribution is -2.49. The first kappa shape index (κ1) is 23.6. The van der Waals surface area contributed by atoms with Crippen LogP contribution in [-0.2, 0) is 19.1 Å². The Morgan fingerprint density at radius 1 is 0.893 bits per heavy atom. The summed E-state index contributed by atoms with van der Waals surface area (Å²) in [5.74, 6) is -1.18. The SMILES string of the molecule is CNC(=O)CN1CCN(COC=O)CCN(CC(=O)O)CCN(C(=O)O)CC1. The van der Waals surface area contributed by atoms with Crippen LogP contribution in [0.4, 0.5) is 4.79 Å². The predicted octanol–water partition coefficient (Wildman–Crippen LogP) is -2.15. The van der Waals surface area contributed by atoms with Crippen molar-refractivity contribution in [2.24, 2.45) is 0 Å². The molecule has 0 radical (unpaired) electrons. The zero-order valence-electron chi connectivity index (χ0n) is 16.1. The van der Waals surface area contributed by atoms with Crippen molar-refractivity contribution < 1.29 is 34.1 Å². The number of hydrogen-bond donors (Lipinski definition) is 3. The van der Waals surface area contributed by atoms with Gasteiger partial charge in [0.05, 0.1) is 13.1 Å². The fourth-order valence-electron chi connectivity index (χ4n) is 2.78. The van der Waals surface area contributed by atoms with E-state index < -0.39 is 12.1 Å². The fourth-order valence-corrected chi connectivity index (χ4v) is 2.78. The predicted molar refractivity (Wildman–Crippen MR) is 97.8 cm³/mol. The van der Waals surface area contributed by atoms with Crippen LogP contribution >= 0.6 is 0 Å². The van der Waals surface area contributed by atoms with Crippen LogP contribution in [0.5, 0.6) is 0 Å². The van der Waals surface area contributed by atoms with Gasteiger partial charge in [0.15, 0.2) is 0 Å². The normalized spacial score (nSPS) is 18.5. The molecule has 12 heteroatoms. The number of hydrogen-bond acceptors (Lipinski definition) is 8. The lowest BCUT2D eigenvalue weighted by Gasteiger charge is -2.32. The molecule has 3 N–H and O–H groups in total. The Morgan fingerprint density at radius 2 is 1.39 bits per heavy atom. The van der Waals surface area contributed by atoms with E-state index in [0.717, 1.165) is 0 Å². The molecule has 1 aliphatic heterocycles. The van der Waals surface area contributed by atoms with Gasteiger partial charge in [-0.2, -0.15) is 0 Å². The van der Waals surface area contributed by atoms with Crippen LogP contribution in [-0.4, -0.2) is 133 Å². The maximum Gasteiger partial charge on any atom is 0.407 e. The maximum absolute atomic E-state index is 11.7. The molecule has 0 unspecified atom stereocenters. The van der Waals surface area contributed by atoms with Crippen molar-refractivity contribution >= 4 is 24.4 Å². The Labute approximate surface area is 163 Å². The summed E-state index contributed by atoms with van der Waals surface area (Å²) in [4.78, 5) is 51.4. The minimum atomic E-state index is -1.09. The minimum absolute atomic E-state index is 0.0550. The molecule has 0 atom stereocenters. The average Bonchev–Trinajstić information content (AvgIpc) is 2.64. The number of rotatable bonds is 7. The minimum Gasteiger partial charge on any atom is -0.480 e. The topological polar surface area (TPSA) is 143 Å². The lowest BCUT2D eigenvalue weighted by molar-refractivity contribution is -0.138. The van der Waals surface area contributed by atoms with Crippen LogP contribution in [0.15, 0.2) is 0 Å². The van der Waals surface area contributed by atoms with Crippen LogP contribution in [0, 0.1) is 0 Å². The van der Waals surface area contributed by atoms with Crippen molar-refractivity contribution in [3.8, 4) is 0 Å². The summed E-state index contributed by atoms with van der Waals surface area (Å²) in [5, 5.41) is 21.0. The van der Waals surface area contributed by atoms with Crippen LogP contribution in [0.3, 0.4) is 0 Å². The van der Waals surface area contributed by atoms with Gasteiger partial charge in [-0.3, -0.25) is 29.1 Å². The summed E-state index contributed by atoms with van der Waals surface area (Å²) >= 11 is 0. The highest BCUT2D eigenvalue weighted by molar-refractivity contribution is 5.77. The number of ether oxygens (including phenoxy) is 1. The molecule has 160 valence electrons. The number of likely N-dealkylation sites (N-methyl/N-ethyl adjacent to an activating group) is 1. The molecule has 0 aromatic heterocycles. The molecule has 0 bridgehead atoms. The highest BCUT2D eigenvalue weighted by atomic mass is 16.5. The molecule has 12 nitrogen and oxygen atoms in total. The van der Waals surface area contributed by atoms with E-state index in [2.05, 4.69) is 5.32 Å². The molecule has 0 aromatic rings. The molecule has 1 fully saturated rings. The third kappa shape index (κ3) is 9.48. The van der Waals surface area contributed by atoms with Gasteiger partial charge in [0, 0.05) is 59.4 Å². The first-order chi connectivity index (χ1) is 13.3. The number of carbonyl (C=O) groups excluding carboxylic acids is 2. The third-order valence-electron chi connectivity index (χ3n) is 4.44. The number of carbonyl (C=O) groups is 4. The summed E-state index contributed by atoms with van der Waals surface area (Å²) in [6.07, 6.45) is -1.09. The van der Waals surface area contributed by atoms with Gasteiger partial charge < -0.3 is 25.2 Å². The van der Waals surface area contributed by atoms with Gasteiger partial charge in [0.1, 0.15) is 6.73 Å². The van der Waals surface area contributed by atoms with Crippen molar-refractivity contribution in [3.05, 3.63) is 0 Å². The van der Waals surface area contributed by atoms with Crippen molar-refractivity contribution in [2.75, 3.05) is 79.2 Å². The Kier molecular flexibility index (Phi) is 10.8. The number of aliphatic carboxylic acids is 1. The first-order valence-corrected chi connectivity index (χ1v) is 8.98. The molecule has 1 aliphatic rings. The largest absolute Gasteiger partial charge is 0.480 e. The smallest absolute Gasteiger partial charge is 0.407 e. The van der Waals surface area contributed by atoms with Crippen molar-refractivity contribution in [2.45, 2.75) is 0 Å². The zero-order chi connectivity index (χ0) is 20.9. The molecule has 0 aliphatic carbocycles. The second kappa shape index (κ2) is 12.9. The van der Waals surface area contributed by atoms with Gasteiger partial charge in [-0.25, -0.2) is 4.79 Å². The second-order valence-corrected chi connectivity index (χ2v) is 6.40. The fraction of sp³-hybridized carbons (Fsp3) is 0.750. The molecular weight excluding hydrogens is 374 g/mol. The molecule has 0 spiro atoms. The highest BCUT2D eigenvalue weighted by Crippen LogP contribution is 2.01. The first-order valence-electron chi connectivity index (χ1n) is 8.98. The van der Waals surface area contributed by atoms with E-state index >= 15 is 0 Å². The molecule has 1 rings (SSSR count). The van der Waals surface area contributed by atoms with E-state index in [9.17, 15) is 24.3 Å². The van der Waals surface area contributed by atoms with Gasteiger partial charge in [-0.1, -0.05) is 0 Å². The molecule has 0 saturated carbocycles. The standard InChI is InChI=1S/C16H29N5O7/c1-17-14(23)10-18-2-4-20(12-28-13-22)5-3-19(11-15(24)25)7-9-21(8-6-18)16(26)27/h13H,2-12H2,1H3,(H,17,23)(H,24,25)(H,26,27). The number of carboxylic acids is 1. The molecule has 28 heavy (non-hydrogen) atoms. The molecule has 1 heterocycles. The summed E-state index contributed by atoms with van der Waals surface area (Å²) in [7, 11) is 1.53. The summed E-state index contributed by atoms with van der Waals surface area (Å²) < 4.78 is 4.83. The van der Waals surface area contributed by atoms with Gasteiger partial charge in [0.2, 0.25) is 5.91 Å². The summed E-state index contributed by atoms with van der Waals surface area (Å²) in [5.41, 5.74) is 0.